The highest BCUT2D eigenvalue weighted by atomic mass is 35.5. The second kappa shape index (κ2) is 11.3. The average Bonchev–Trinajstić information content (AvgIpc) is 2.66. The lowest BCUT2D eigenvalue weighted by Crippen LogP contribution is -2.34. The van der Waals surface area contributed by atoms with Crippen LogP contribution < -0.4 is 16.4 Å². The maximum Gasteiger partial charge on any atom is 0.323 e. The van der Waals surface area contributed by atoms with Gasteiger partial charge in [0.05, 0.1) is 0 Å². The highest BCUT2D eigenvalue weighted by Crippen LogP contribution is 2.13. The van der Waals surface area contributed by atoms with E-state index in [-0.39, 0.29) is 30.4 Å². The normalized spacial score (nSPS) is 11.3. The molecule has 0 aromatic heterocycles. The average molecular weight is 405 g/mol. The summed E-state index contributed by atoms with van der Waals surface area (Å²) in [4.78, 5) is 26.2. The molecule has 28 heavy (non-hydrogen) atoms. The molecule has 4 N–H and O–H groups in total. The summed E-state index contributed by atoms with van der Waals surface area (Å²) in [5.41, 5.74) is 7.94. The zero-order valence-electron chi connectivity index (χ0n) is 16.5. The summed E-state index contributed by atoms with van der Waals surface area (Å²) < 4.78 is 0. The van der Waals surface area contributed by atoms with Crippen molar-refractivity contribution in [3.05, 3.63) is 60.2 Å². The Bertz CT molecular complexity index is 751. The third-order valence-electron chi connectivity index (χ3n) is 4.42. The van der Waals surface area contributed by atoms with Crippen molar-refractivity contribution in [1.29, 1.82) is 0 Å². The minimum Gasteiger partial charge on any atom is -0.342 e. The van der Waals surface area contributed by atoms with E-state index in [9.17, 15) is 9.59 Å². The van der Waals surface area contributed by atoms with Gasteiger partial charge in [0.15, 0.2) is 0 Å². The van der Waals surface area contributed by atoms with Crippen molar-refractivity contribution in [2.24, 2.45) is 11.7 Å². The molecule has 0 aliphatic heterocycles. The van der Waals surface area contributed by atoms with Gasteiger partial charge in [-0.1, -0.05) is 32.0 Å². The number of halogens is 1. The van der Waals surface area contributed by atoms with Crippen LogP contribution in [0.2, 0.25) is 0 Å². The molecule has 6 nitrogen and oxygen atoms in total. The van der Waals surface area contributed by atoms with E-state index in [0.29, 0.717) is 29.4 Å². The molecule has 0 heterocycles. The maximum atomic E-state index is 12.5. The lowest BCUT2D eigenvalue weighted by Gasteiger charge is -2.21. The SMILES string of the molecule is CC(C)C(N)CCN(C)C(=O)c1ccc(NC(=O)Nc2ccccc2)cc1.Cl. The Labute approximate surface area is 172 Å². The first-order valence-corrected chi connectivity index (χ1v) is 9.11. The Kier molecular flexibility index (Phi) is 9.48. The molecule has 0 saturated heterocycles. The third-order valence-corrected chi connectivity index (χ3v) is 4.42. The van der Waals surface area contributed by atoms with Crippen molar-refractivity contribution < 1.29 is 9.59 Å². The Hall–Kier alpha value is -2.57. The van der Waals surface area contributed by atoms with Crippen molar-refractivity contribution in [3.63, 3.8) is 0 Å². The predicted octanol–water partition coefficient (Wildman–Crippen LogP) is 4.20. The highest BCUT2D eigenvalue weighted by molar-refractivity contribution is 6.00. The van der Waals surface area contributed by atoms with Gasteiger partial charge in [-0.3, -0.25) is 4.79 Å². The Balaban J connectivity index is 0.00000392. The number of hydrogen-bond donors (Lipinski definition) is 3. The summed E-state index contributed by atoms with van der Waals surface area (Å²) >= 11 is 0. The van der Waals surface area contributed by atoms with Crippen LogP contribution in [0.5, 0.6) is 0 Å². The summed E-state index contributed by atoms with van der Waals surface area (Å²) in [7, 11) is 1.77. The molecular weight excluding hydrogens is 376 g/mol. The molecule has 0 fully saturated rings. The second-order valence-electron chi connectivity index (χ2n) is 6.95. The van der Waals surface area contributed by atoms with E-state index in [1.807, 2.05) is 30.3 Å². The van der Waals surface area contributed by atoms with Gasteiger partial charge in [0.25, 0.3) is 5.91 Å². The van der Waals surface area contributed by atoms with Gasteiger partial charge in [-0.2, -0.15) is 0 Å². The molecule has 152 valence electrons. The Morgan fingerprint density at radius 3 is 2.04 bits per heavy atom. The lowest BCUT2D eigenvalue weighted by molar-refractivity contribution is 0.0789. The van der Waals surface area contributed by atoms with Crippen LogP contribution in [0, 0.1) is 5.92 Å². The number of hydrogen-bond acceptors (Lipinski definition) is 3. The zero-order valence-corrected chi connectivity index (χ0v) is 17.3. The molecular formula is C21H29ClN4O2. The number of rotatable bonds is 7. The molecule has 0 spiro atoms. The molecule has 0 aliphatic carbocycles. The van der Waals surface area contributed by atoms with Gasteiger partial charge < -0.3 is 21.3 Å². The highest BCUT2D eigenvalue weighted by Gasteiger charge is 2.14. The fraction of sp³-hybridized carbons (Fsp3) is 0.333. The molecule has 2 aromatic carbocycles. The zero-order chi connectivity index (χ0) is 19.8. The fourth-order valence-corrected chi connectivity index (χ4v) is 2.51. The quantitative estimate of drug-likeness (QED) is 0.646. The number of anilines is 2. The number of para-hydroxylation sites is 1. The number of nitrogens with zero attached hydrogens (tertiary/aromatic N) is 1. The van der Waals surface area contributed by atoms with E-state index < -0.39 is 0 Å². The van der Waals surface area contributed by atoms with E-state index >= 15 is 0 Å². The monoisotopic (exact) mass is 404 g/mol. The van der Waals surface area contributed by atoms with Gasteiger partial charge in [0.1, 0.15) is 0 Å². The smallest absolute Gasteiger partial charge is 0.323 e. The van der Waals surface area contributed by atoms with E-state index in [1.54, 1.807) is 36.2 Å². The van der Waals surface area contributed by atoms with E-state index in [0.717, 1.165) is 6.42 Å². The third kappa shape index (κ3) is 7.21. The van der Waals surface area contributed by atoms with E-state index in [1.165, 1.54) is 0 Å². The van der Waals surface area contributed by atoms with Crippen LogP contribution in [0.4, 0.5) is 16.2 Å². The largest absolute Gasteiger partial charge is 0.342 e. The van der Waals surface area contributed by atoms with Crippen molar-refractivity contribution in [2.45, 2.75) is 26.3 Å². The summed E-state index contributed by atoms with van der Waals surface area (Å²) in [6.45, 7) is 4.76. The van der Waals surface area contributed by atoms with Gasteiger partial charge in [0, 0.05) is 36.6 Å². The first-order chi connectivity index (χ1) is 12.9. The van der Waals surface area contributed by atoms with Crippen molar-refractivity contribution >= 4 is 35.7 Å². The van der Waals surface area contributed by atoms with E-state index in [2.05, 4.69) is 24.5 Å². The lowest BCUT2D eigenvalue weighted by atomic mass is 10.0. The Morgan fingerprint density at radius 1 is 0.964 bits per heavy atom. The minimum absolute atomic E-state index is 0. The van der Waals surface area contributed by atoms with Gasteiger partial charge >= 0.3 is 6.03 Å². The summed E-state index contributed by atoms with van der Waals surface area (Å²) in [5.74, 6) is 0.326. The number of nitrogens with one attached hydrogen (secondary N) is 2. The number of urea groups is 1. The molecule has 1 unspecified atom stereocenters. The van der Waals surface area contributed by atoms with Crippen LogP contribution in [0.1, 0.15) is 30.6 Å². The molecule has 7 heteroatoms. The van der Waals surface area contributed by atoms with Crippen LogP contribution in [-0.2, 0) is 0 Å². The standard InChI is InChI=1S/C21H28N4O2.ClH/c1-15(2)19(22)13-14-25(3)20(26)16-9-11-18(12-10-16)24-21(27)23-17-7-5-4-6-8-17;/h4-12,15,19H,13-14,22H2,1-3H3,(H2,23,24,27);1H. The number of benzene rings is 2. The predicted molar refractivity (Wildman–Crippen MR) is 117 cm³/mol. The van der Waals surface area contributed by atoms with Crippen molar-refractivity contribution in [2.75, 3.05) is 24.2 Å². The molecule has 2 rings (SSSR count). The minimum atomic E-state index is -0.333. The van der Waals surface area contributed by atoms with Gasteiger partial charge in [-0.05, 0) is 48.7 Å². The topological polar surface area (TPSA) is 87.5 Å². The first-order valence-electron chi connectivity index (χ1n) is 9.11. The molecule has 3 amide bonds. The summed E-state index contributed by atoms with van der Waals surface area (Å²) in [6, 6.07) is 15.8. The Morgan fingerprint density at radius 2 is 1.50 bits per heavy atom. The molecule has 2 aromatic rings. The van der Waals surface area contributed by atoms with Crippen LogP contribution >= 0.6 is 12.4 Å². The summed E-state index contributed by atoms with van der Waals surface area (Å²) in [5, 5.41) is 5.49. The fourth-order valence-electron chi connectivity index (χ4n) is 2.51. The van der Waals surface area contributed by atoms with Crippen LogP contribution in [-0.4, -0.2) is 36.5 Å². The van der Waals surface area contributed by atoms with Crippen molar-refractivity contribution in [3.8, 4) is 0 Å². The van der Waals surface area contributed by atoms with E-state index in [4.69, 9.17) is 5.73 Å². The molecule has 0 bridgehead atoms. The second-order valence-corrected chi connectivity index (χ2v) is 6.95. The first kappa shape index (κ1) is 23.5. The van der Waals surface area contributed by atoms with Crippen LogP contribution in [0.25, 0.3) is 0 Å². The summed E-state index contributed by atoms with van der Waals surface area (Å²) in [6.07, 6.45) is 0.763. The van der Waals surface area contributed by atoms with Crippen LogP contribution in [0.3, 0.4) is 0 Å². The number of amides is 3. The van der Waals surface area contributed by atoms with Crippen LogP contribution in [0.15, 0.2) is 54.6 Å². The van der Waals surface area contributed by atoms with Gasteiger partial charge in [-0.15, -0.1) is 12.4 Å². The molecule has 0 radical (unpaired) electrons. The van der Waals surface area contributed by atoms with Gasteiger partial charge in [-0.25, -0.2) is 4.79 Å². The van der Waals surface area contributed by atoms with Gasteiger partial charge in [0.2, 0.25) is 0 Å². The molecule has 1 atom stereocenters. The van der Waals surface area contributed by atoms with Crippen molar-refractivity contribution in [1.82, 2.24) is 4.90 Å². The number of carbonyl (C=O) groups excluding carboxylic acids is 2. The molecule has 0 aliphatic rings. The number of carbonyl (C=O) groups is 2. The number of nitrogens with two attached hydrogens (primary N) is 1. The molecule has 0 saturated carbocycles. The maximum absolute atomic E-state index is 12.5.